The second-order valence-corrected chi connectivity index (χ2v) is 7.26. The first-order chi connectivity index (χ1) is 9.45. The van der Waals surface area contributed by atoms with Crippen molar-refractivity contribution in [2.75, 3.05) is 34.2 Å². The predicted octanol–water partition coefficient (Wildman–Crippen LogP) is 0.714. The lowest BCUT2D eigenvalue weighted by atomic mass is 10.1. The van der Waals surface area contributed by atoms with Gasteiger partial charge in [-0.2, -0.15) is 4.31 Å². The SMILES string of the molecule is CNCc1ccc(S(=O)(=O)N(C)C2CCCN(C)C2)o1. The molecule has 1 saturated heterocycles. The Balaban J connectivity index is 2.15. The highest BCUT2D eigenvalue weighted by atomic mass is 32.2. The number of rotatable bonds is 5. The summed E-state index contributed by atoms with van der Waals surface area (Å²) in [5, 5.41) is 2.96. The average molecular weight is 301 g/mol. The summed E-state index contributed by atoms with van der Waals surface area (Å²) in [6, 6.07) is 3.24. The molecule has 20 heavy (non-hydrogen) atoms. The molecule has 6 nitrogen and oxygen atoms in total. The Morgan fingerprint density at radius 3 is 2.90 bits per heavy atom. The minimum Gasteiger partial charge on any atom is -0.447 e. The molecule has 0 aromatic carbocycles. The van der Waals surface area contributed by atoms with Crippen LogP contribution in [-0.2, 0) is 16.6 Å². The summed E-state index contributed by atoms with van der Waals surface area (Å²) < 4.78 is 32.0. The fourth-order valence-electron chi connectivity index (χ4n) is 2.54. The predicted molar refractivity (Wildman–Crippen MR) is 76.9 cm³/mol. The fourth-order valence-corrected chi connectivity index (χ4v) is 3.84. The molecule has 0 radical (unpaired) electrons. The molecule has 0 aliphatic carbocycles. The largest absolute Gasteiger partial charge is 0.447 e. The fraction of sp³-hybridized carbons (Fsp3) is 0.692. The molecule has 0 spiro atoms. The van der Waals surface area contributed by atoms with E-state index in [0.29, 0.717) is 12.3 Å². The van der Waals surface area contributed by atoms with E-state index in [1.165, 1.54) is 10.4 Å². The average Bonchev–Trinajstić information content (AvgIpc) is 2.87. The van der Waals surface area contributed by atoms with Crippen LogP contribution < -0.4 is 5.32 Å². The molecule has 1 aliphatic rings. The van der Waals surface area contributed by atoms with Gasteiger partial charge in [0.25, 0.3) is 10.0 Å². The standard InChI is InChI=1S/C13H23N3O3S/c1-14-9-12-6-7-13(19-12)20(17,18)16(3)11-5-4-8-15(2)10-11/h6-7,11,14H,4-5,8-10H2,1-3H3. The number of likely N-dealkylation sites (N-methyl/N-ethyl adjacent to an activating group) is 2. The molecule has 1 aromatic rings. The van der Waals surface area contributed by atoms with Crippen LogP contribution in [0.4, 0.5) is 0 Å². The summed E-state index contributed by atoms with van der Waals surface area (Å²) >= 11 is 0. The maximum atomic E-state index is 12.5. The highest BCUT2D eigenvalue weighted by Gasteiger charge is 2.32. The van der Waals surface area contributed by atoms with Crippen LogP contribution in [0.25, 0.3) is 0 Å². The molecule has 1 N–H and O–H groups in total. The third kappa shape index (κ3) is 3.22. The Kier molecular flexibility index (Phi) is 4.85. The van der Waals surface area contributed by atoms with Gasteiger partial charge in [-0.05, 0) is 45.6 Å². The van der Waals surface area contributed by atoms with E-state index in [1.807, 2.05) is 7.05 Å². The van der Waals surface area contributed by atoms with Gasteiger partial charge in [0, 0.05) is 19.6 Å². The minimum absolute atomic E-state index is 0.0107. The van der Waals surface area contributed by atoms with Crippen molar-refractivity contribution >= 4 is 10.0 Å². The van der Waals surface area contributed by atoms with Crippen LogP contribution in [-0.4, -0.2) is 57.9 Å². The Morgan fingerprint density at radius 1 is 1.50 bits per heavy atom. The second-order valence-electron chi connectivity index (χ2n) is 5.33. The zero-order chi connectivity index (χ0) is 14.8. The zero-order valence-electron chi connectivity index (χ0n) is 12.3. The van der Waals surface area contributed by atoms with Crippen molar-refractivity contribution < 1.29 is 12.8 Å². The summed E-state index contributed by atoms with van der Waals surface area (Å²) in [7, 11) is 1.90. The molecule has 2 heterocycles. The number of furan rings is 1. The molecular formula is C13H23N3O3S. The van der Waals surface area contributed by atoms with Crippen LogP contribution >= 0.6 is 0 Å². The number of likely N-dealkylation sites (tertiary alicyclic amines) is 1. The molecule has 0 saturated carbocycles. The lowest BCUT2D eigenvalue weighted by Crippen LogP contribution is -2.47. The number of sulfonamides is 1. The number of hydrogen-bond donors (Lipinski definition) is 1. The van der Waals surface area contributed by atoms with Gasteiger partial charge in [-0.1, -0.05) is 0 Å². The van der Waals surface area contributed by atoms with Crippen molar-refractivity contribution in [1.29, 1.82) is 0 Å². The first-order valence-electron chi connectivity index (χ1n) is 6.85. The van der Waals surface area contributed by atoms with Crippen molar-refractivity contribution in [3.63, 3.8) is 0 Å². The molecule has 0 amide bonds. The summed E-state index contributed by atoms with van der Waals surface area (Å²) in [4.78, 5) is 2.16. The highest BCUT2D eigenvalue weighted by molar-refractivity contribution is 7.89. The van der Waals surface area contributed by atoms with Crippen LogP contribution in [0, 0.1) is 0 Å². The molecule has 0 bridgehead atoms. The van der Waals surface area contributed by atoms with E-state index in [9.17, 15) is 8.42 Å². The lowest BCUT2D eigenvalue weighted by Gasteiger charge is -2.34. The van der Waals surface area contributed by atoms with Crippen LogP contribution in [0.2, 0.25) is 0 Å². The molecule has 1 aliphatic heterocycles. The number of nitrogens with zero attached hydrogens (tertiary/aromatic N) is 2. The molecular weight excluding hydrogens is 278 g/mol. The molecule has 1 aromatic heterocycles. The topological polar surface area (TPSA) is 65.8 Å². The normalized spacial score (nSPS) is 21.5. The van der Waals surface area contributed by atoms with E-state index in [2.05, 4.69) is 10.2 Å². The highest BCUT2D eigenvalue weighted by Crippen LogP contribution is 2.23. The Hall–Kier alpha value is -0.890. The smallest absolute Gasteiger partial charge is 0.276 e. The van der Waals surface area contributed by atoms with Crippen molar-refractivity contribution in [1.82, 2.24) is 14.5 Å². The van der Waals surface area contributed by atoms with Gasteiger partial charge in [0.1, 0.15) is 5.76 Å². The van der Waals surface area contributed by atoms with Crippen LogP contribution in [0.1, 0.15) is 18.6 Å². The van der Waals surface area contributed by atoms with E-state index in [0.717, 1.165) is 25.9 Å². The van der Waals surface area contributed by atoms with Gasteiger partial charge in [0.15, 0.2) is 0 Å². The first kappa shape index (κ1) is 15.5. The summed E-state index contributed by atoms with van der Waals surface area (Å²) in [6.07, 6.45) is 1.91. The number of nitrogens with one attached hydrogen (secondary N) is 1. The van der Waals surface area contributed by atoms with Gasteiger partial charge < -0.3 is 14.6 Å². The monoisotopic (exact) mass is 301 g/mol. The van der Waals surface area contributed by atoms with E-state index in [-0.39, 0.29) is 11.1 Å². The van der Waals surface area contributed by atoms with Crippen LogP contribution in [0.3, 0.4) is 0 Å². The number of hydrogen-bond acceptors (Lipinski definition) is 5. The molecule has 1 unspecified atom stereocenters. The van der Waals surface area contributed by atoms with E-state index >= 15 is 0 Å². The third-order valence-electron chi connectivity index (χ3n) is 3.74. The van der Waals surface area contributed by atoms with Crippen molar-refractivity contribution in [3.05, 3.63) is 17.9 Å². The first-order valence-corrected chi connectivity index (χ1v) is 8.29. The minimum atomic E-state index is -3.55. The molecule has 1 atom stereocenters. The zero-order valence-corrected chi connectivity index (χ0v) is 13.1. The van der Waals surface area contributed by atoms with E-state index < -0.39 is 10.0 Å². The Bertz CT molecular complexity index is 541. The quantitative estimate of drug-likeness (QED) is 0.868. The third-order valence-corrected chi connectivity index (χ3v) is 5.52. The van der Waals surface area contributed by atoms with Crippen molar-refractivity contribution in [2.45, 2.75) is 30.5 Å². The Morgan fingerprint density at radius 2 is 2.25 bits per heavy atom. The molecule has 7 heteroatoms. The lowest BCUT2D eigenvalue weighted by molar-refractivity contribution is 0.186. The van der Waals surface area contributed by atoms with Gasteiger partial charge in [-0.3, -0.25) is 0 Å². The Labute approximate surface area is 120 Å². The van der Waals surface area contributed by atoms with Gasteiger partial charge in [0.2, 0.25) is 5.09 Å². The van der Waals surface area contributed by atoms with Crippen LogP contribution in [0.15, 0.2) is 21.6 Å². The molecule has 2 rings (SSSR count). The van der Waals surface area contributed by atoms with E-state index in [1.54, 1.807) is 20.2 Å². The van der Waals surface area contributed by atoms with E-state index in [4.69, 9.17) is 4.42 Å². The maximum Gasteiger partial charge on any atom is 0.276 e. The van der Waals surface area contributed by atoms with Crippen LogP contribution in [0.5, 0.6) is 0 Å². The summed E-state index contributed by atoms with van der Waals surface area (Å²) in [5.41, 5.74) is 0. The number of piperidine rings is 1. The van der Waals surface area contributed by atoms with Gasteiger partial charge in [-0.25, -0.2) is 8.42 Å². The van der Waals surface area contributed by atoms with Gasteiger partial charge in [-0.15, -0.1) is 0 Å². The van der Waals surface area contributed by atoms with Gasteiger partial charge >= 0.3 is 0 Å². The van der Waals surface area contributed by atoms with Crippen molar-refractivity contribution in [2.24, 2.45) is 0 Å². The maximum absolute atomic E-state index is 12.5. The van der Waals surface area contributed by atoms with Crippen molar-refractivity contribution in [3.8, 4) is 0 Å². The summed E-state index contributed by atoms with van der Waals surface area (Å²) in [6.45, 7) is 2.31. The summed E-state index contributed by atoms with van der Waals surface area (Å²) in [5.74, 6) is 0.625. The second kappa shape index (κ2) is 6.26. The molecule has 114 valence electrons. The molecule has 1 fully saturated rings. The van der Waals surface area contributed by atoms with Gasteiger partial charge in [0.05, 0.1) is 6.54 Å².